The molecule has 1 saturated heterocycles. The van der Waals surface area contributed by atoms with E-state index in [0.29, 0.717) is 18.8 Å². The number of phenolic OH excluding ortho intramolecular Hbond substituents is 1. The fourth-order valence-corrected chi connectivity index (χ4v) is 4.57. The second-order valence-electron chi connectivity index (χ2n) is 8.67. The molecule has 0 unspecified atom stereocenters. The van der Waals surface area contributed by atoms with Gasteiger partial charge in [-0.2, -0.15) is 0 Å². The molecule has 5 rings (SSSR count). The average Bonchev–Trinajstić information content (AvgIpc) is 3.08. The highest BCUT2D eigenvalue weighted by Crippen LogP contribution is 2.41. The summed E-state index contributed by atoms with van der Waals surface area (Å²) in [5.74, 6) is 0.393. The first-order chi connectivity index (χ1) is 17.1. The third-order valence-corrected chi connectivity index (χ3v) is 6.39. The van der Waals surface area contributed by atoms with Gasteiger partial charge in [0.05, 0.1) is 6.61 Å². The number of piperazine rings is 1. The highest BCUT2D eigenvalue weighted by Gasteiger charge is 2.21. The lowest BCUT2D eigenvalue weighted by Gasteiger charge is -2.26. The van der Waals surface area contributed by atoms with Gasteiger partial charge >= 0.3 is 0 Å². The van der Waals surface area contributed by atoms with E-state index in [2.05, 4.69) is 5.32 Å². The van der Waals surface area contributed by atoms with Crippen molar-refractivity contribution in [1.29, 1.82) is 0 Å². The molecule has 3 aromatic rings. The summed E-state index contributed by atoms with van der Waals surface area (Å²) in [6.07, 6.45) is 4.10. The number of ether oxygens (including phenoxy) is 1. The summed E-state index contributed by atoms with van der Waals surface area (Å²) in [6.45, 7) is 3.51. The highest BCUT2D eigenvalue weighted by molar-refractivity contribution is 6.00. The minimum Gasteiger partial charge on any atom is -0.508 e. The normalized spacial score (nSPS) is 16.1. The van der Waals surface area contributed by atoms with Crippen LogP contribution in [0.2, 0.25) is 0 Å². The van der Waals surface area contributed by atoms with Gasteiger partial charge < -0.3 is 20.1 Å². The van der Waals surface area contributed by atoms with E-state index in [4.69, 9.17) is 4.74 Å². The predicted molar refractivity (Wildman–Crippen MR) is 135 cm³/mol. The number of phenols is 1. The smallest absolute Gasteiger partial charge is 0.246 e. The van der Waals surface area contributed by atoms with Crippen LogP contribution >= 0.6 is 0 Å². The number of hydrogen-bond donors (Lipinski definition) is 2. The van der Waals surface area contributed by atoms with Crippen molar-refractivity contribution in [2.75, 3.05) is 32.8 Å². The maximum absolute atomic E-state index is 14.0. The molecule has 3 aromatic carbocycles. The van der Waals surface area contributed by atoms with Gasteiger partial charge in [0.2, 0.25) is 5.91 Å². The van der Waals surface area contributed by atoms with Crippen LogP contribution in [-0.2, 0) is 4.79 Å². The second kappa shape index (κ2) is 10.2. The number of aromatic hydroxyl groups is 1. The summed E-state index contributed by atoms with van der Waals surface area (Å²) in [4.78, 5) is 14.3. The number of nitrogens with zero attached hydrogens (tertiary/aromatic N) is 1. The molecule has 2 N–H and O–H groups in total. The van der Waals surface area contributed by atoms with Crippen LogP contribution in [-0.4, -0.2) is 48.7 Å². The molecular formula is C29H27FN2O3. The van der Waals surface area contributed by atoms with Crippen molar-refractivity contribution in [2.45, 2.75) is 6.42 Å². The van der Waals surface area contributed by atoms with Crippen LogP contribution in [0.25, 0.3) is 17.2 Å². The van der Waals surface area contributed by atoms with E-state index < -0.39 is 0 Å². The lowest BCUT2D eigenvalue weighted by atomic mass is 9.88. The molecule has 0 aliphatic carbocycles. The maximum atomic E-state index is 14.0. The summed E-state index contributed by atoms with van der Waals surface area (Å²) in [7, 11) is 0. The molecule has 178 valence electrons. The predicted octanol–water partition coefficient (Wildman–Crippen LogP) is 4.72. The molecule has 0 saturated carbocycles. The van der Waals surface area contributed by atoms with Crippen LogP contribution < -0.4 is 10.1 Å². The van der Waals surface area contributed by atoms with E-state index in [1.165, 1.54) is 12.1 Å². The Morgan fingerprint density at radius 2 is 1.69 bits per heavy atom. The zero-order valence-corrected chi connectivity index (χ0v) is 19.3. The molecule has 0 bridgehead atoms. The van der Waals surface area contributed by atoms with Crippen molar-refractivity contribution >= 4 is 23.1 Å². The largest absolute Gasteiger partial charge is 0.508 e. The monoisotopic (exact) mass is 470 g/mol. The van der Waals surface area contributed by atoms with E-state index in [-0.39, 0.29) is 17.5 Å². The number of hydrogen-bond acceptors (Lipinski definition) is 4. The Morgan fingerprint density at radius 3 is 2.43 bits per heavy atom. The molecule has 0 radical (unpaired) electrons. The zero-order chi connectivity index (χ0) is 24.2. The lowest BCUT2D eigenvalue weighted by Crippen LogP contribution is -2.45. The standard InChI is InChI=1S/C29H27FN2O3/c30-23-8-11-26-27(19-23)35-18-13-25(21-6-9-24(33)10-7-21)29(26)22-4-1-20(2-5-22)3-12-28(34)32-16-14-31-15-17-32/h1-12,19,31,33H,13-18H2/b12-3+. The molecule has 5 nitrogen and oxygen atoms in total. The van der Waals surface area contributed by atoms with Gasteiger partial charge in [-0.3, -0.25) is 4.79 Å². The number of benzene rings is 3. The zero-order valence-electron chi connectivity index (χ0n) is 19.3. The Balaban J connectivity index is 1.51. The van der Waals surface area contributed by atoms with Crippen LogP contribution in [0.15, 0.2) is 72.8 Å². The number of nitrogens with one attached hydrogen (secondary N) is 1. The Kier molecular flexibility index (Phi) is 6.64. The van der Waals surface area contributed by atoms with E-state index in [1.807, 2.05) is 47.4 Å². The molecule has 2 heterocycles. The third kappa shape index (κ3) is 5.12. The molecule has 0 atom stereocenters. The number of carbonyl (C=O) groups excluding carboxylic acids is 1. The van der Waals surface area contributed by atoms with Crippen molar-refractivity contribution < 1.29 is 19.0 Å². The molecule has 2 aliphatic heterocycles. The molecule has 0 aromatic heterocycles. The quantitative estimate of drug-likeness (QED) is 0.542. The van der Waals surface area contributed by atoms with Crippen LogP contribution in [0, 0.1) is 5.82 Å². The summed E-state index contributed by atoms with van der Waals surface area (Å²) in [6, 6.07) is 19.7. The van der Waals surface area contributed by atoms with Gasteiger partial charge in [-0.1, -0.05) is 36.4 Å². The lowest BCUT2D eigenvalue weighted by molar-refractivity contribution is -0.126. The van der Waals surface area contributed by atoms with Crippen LogP contribution in [0.3, 0.4) is 0 Å². The van der Waals surface area contributed by atoms with Crippen LogP contribution in [0.5, 0.6) is 11.5 Å². The van der Waals surface area contributed by atoms with Crippen molar-refractivity contribution in [2.24, 2.45) is 0 Å². The first kappa shape index (κ1) is 22.9. The van der Waals surface area contributed by atoms with E-state index in [9.17, 15) is 14.3 Å². The number of halogens is 1. The van der Waals surface area contributed by atoms with Crippen molar-refractivity contribution in [3.05, 3.63) is 101 Å². The first-order valence-corrected chi connectivity index (χ1v) is 11.8. The number of amides is 1. The van der Waals surface area contributed by atoms with Crippen molar-refractivity contribution in [3.63, 3.8) is 0 Å². The number of fused-ring (bicyclic) bond motifs is 1. The maximum Gasteiger partial charge on any atom is 0.246 e. The van der Waals surface area contributed by atoms with Gasteiger partial charge in [0.1, 0.15) is 17.3 Å². The first-order valence-electron chi connectivity index (χ1n) is 11.8. The number of rotatable bonds is 4. The van der Waals surface area contributed by atoms with Crippen LogP contribution in [0.4, 0.5) is 4.39 Å². The van der Waals surface area contributed by atoms with Gasteiger partial charge in [0, 0.05) is 50.3 Å². The summed E-state index contributed by atoms with van der Waals surface area (Å²) >= 11 is 0. The van der Waals surface area contributed by atoms with E-state index in [1.54, 1.807) is 24.3 Å². The Bertz CT molecular complexity index is 1270. The summed E-state index contributed by atoms with van der Waals surface area (Å²) in [5, 5.41) is 13.0. The van der Waals surface area contributed by atoms with Crippen LogP contribution in [0.1, 0.15) is 28.7 Å². The second-order valence-corrected chi connectivity index (χ2v) is 8.67. The Labute approximate surface area is 204 Å². The molecule has 1 fully saturated rings. The van der Waals surface area contributed by atoms with Gasteiger partial charge in [0.25, 0.3) is 0 Å². The summed E-state index contributed by atoms with van der Waals surface area (Å²) < 4.78 is 19.9. The molecule has 2 aliphatic rings. The molecule has 35 heavy (non-hydrogen) atoms. The van der Waals surface area contributed by atoms with Gasteiger partial charge in [0.15, 0.2) is 0 Å². The fraction of sp³-hybridized carbons (Fsp3) is 0.207. The van der Waals surface area contributed by atoms with Crippen molar-refractivity contribution in [3.8, 4) is 11.5 Å². The summed E-state index contributed by atoms with van der Waals surface area (Å²) in [5.41, 5.74) is 5.72. The van der Waals surface area contributed by atoms with Gasteiger partial charge in [-0.15, -0.1) is 0 Å². The third-order valence-electron chi connectivity index (χ3n) is 6.39. The van der Waals surface area contributed by atoms with Gasteiger partial charge in [-0.05, 0) is 58.2 Å². The highest BCUT2D eigenvalue weighted by atomic mass is 19.1. The van der Waals surface area contributed by atoms with Gasteiger partial charge in [-0.25, -0.2) is 4.39 Å². The fourth-order valence-electron chi connectivity index (χ4n) is 4.57. The van der Waals surface area contributed by atoms with E-state index in [0.717, 1.165) is 59.6 Å². The minimum absolute atomic E-state index is 0.0183. The van der Waals surface area contributed by atoms with E-state index >= 15 is 0 Å². The van der Waals surface area contributed by atoms with Crippen molar-refractivity contribution in [1.82, 2.24) is 10.2 Å². The average molecular weight is 471 g/mol. The number of carbonyl (C=O) groups is 1. The molecule has 0 spiro atoms. The molecular weight excluding hydrogens is 443 g/mol. The molecule has 6 heteroatoms. The Hall–Kier alpha value is -3.90. The topological polar surface area (TPSA) is 61.8 Å². The SMILES string of the molecule is O=C(/C=C/c1ccc(C2=C(c3ccc(O)cc3)CCOc3cc(F)ccc32)cc1)N1CCNCC1. The molecule has 1 amide bonds. The Morgan fingerprint density at radius 1 is 0.971 bits per heavy atom. The minimum atomic E-state index is -0.342.